The molecule has 2 aromatic carbocycles. The van der Waals surface area contributed by atoms with Crippen LogP contribution >= 0.6 is 0 Å². The average molecular weight is 285 g/mol. The minimum atomic E-state index is -0.943. The standard InChI is InChI=1S/C18H20FNO/c1-14-9-16(11-17(19)10-14)18(21)7-8-20(13-18)12-15-5-3-2-4-6-15/h2-6,9-11,21H,7-8,12-13H2,1H3. The van der Waals surface area contributed by atoms with Gasteiger partial charge in [0.25, 0.3) is 0 Å². The Bertz CT molecular complexity index is 608. The predicted octanol–water partition coefficient (Wildman–Crippen LogP) is 3.23. The van der Waals surface area contributed by atoms with E-state index < -0.39 is 5.60 Å². The Morgan fingerprint density at radius 1 is 1.19 bits per heavy atom. The van der Waals surface area contributed by atoms with Crippen LogP contribution in [-0.2, 0) is 12.1 Å². The molecule has 1 saturated heterocycles. The maximum Gasteiger partial charge on any atom is 0.123 e. The van der Waals surface area contributed by atoms with E-state index in [2.05, 4.69) is 17.0 Å². The molecule has 0 amide bonds. The fourth-order valence-corrected chi connectivity index (χ4v) is 3.09. The van der Waals surface area contributed by atoms with E-state index in [0.717, 1.165) is 18.7 Å². The van der Waals surface area contributed by atoms with Gasteiger partial charge in [0.2, 0.25) is 0 Å². The first-order chi connectivity index (χ1) is 10.0. The highest BCUT2D eigenvalue weighted by molar-refractivity contribution is 5.30. The van der Waals surface area contributed by atoms with Gasteiger partial charge in [-0.3, -0.25) is 4.90 Å². The van der Waals surface area contributed by atoms with Gasteiger partial charge in [0, 0.05) is 19.6 Å². The Morgan fingerprint density at radius 3 is 2.67 bits per heavy atom. The van der Waals surface area contributed by atoms with Crippen LogP contribution in [0.2, 0.25) is 0 Å². The van der Waals surface area contributed by atoms with Gasteiger partial charge in [0.05, 0.1) is 0 Å². The third-order valence-electron chi connectivity index (χ3n) is 4.16. The second-order valence-electron chi connectivity index (χ2n) is 6.00. The monoisotopic (exact) mass is 285 g/mol. The fourth-order valence-electron chi connectivity index (χ4n) is 3.09. The van der Waals surface area contributed by atoms with Crippen molar-refractivity contribution in [2.75, 3.05) is 13.1 Å². The molecule has 1 unspecified atom stereocenters. The Morgan fingerprint density at radius 2 is 1.95 bits per heavy atom. The number of likely N-dealkylation sites (tertiary alicyclic amines) is 1. The van der Waals surface area contributed by atoms with Crippen LogP contribution < -0.4 is 0 Å². The van der Waals surface area contributed by atoms with Crippen LogP contribution in [0.5, 0.6) is 0 Å². The predicted molar refractivity (Wildman–Crippen MR) is 81.4 cm³/mol. The molecule has 0 bridgehead atoms. The summed E-state index contributed by atoms with van der Waals surface area (Å²) in [6.07, 6.45) is 0.642. The number of β-amino-alcohol motifs (C(OH)–C–C–N with tert-alkyl or cyclic N) is 1. The Balaban J connectivity index is 1.76. The van der Waals surface area contributed by atoms with E-state index >= 15 is 0 Å². The van der Waals surface area contributed by atoms with Crippen LogP contribution in [0, 0.1) is 12.7 Å². The SMILES string of the molecule is Cc1cc(F)cc(C2(O)CCN(Cc3ccccc3)C2)c1. The highest BCUT2D eigenvalue weighted by Gasteiger charge is 2.37. The zero-order chi connectivity index (χ0) is 14.9. The molecule has 1 aliphatic rings. The van der Waals surface area contributed by atoms with E-state index in [1.165, 1.54) is 17.7 Å². The Labute approximate surface area is 124 Å². The second kappa shape index (κ2) is 5.58. The molecule has 0 saturated carbocycles. The lowest BCUT2D eigenvalue weighted by Crippen LogP contribution is -2.30. The summed E-state index contributed by atoms with van der Waals surface area (Å²) in [5, 5.41) is 10.9. The van der Waals surface area contributed by atoms with Gasteiger partial charge in [0.15, 0.2) is 0 Å². The smallest absolute Gasteiger partial charge is 0.123 e. The van der Waals surface area contributed by atoms with Gasteiger partial charge in [-0.2, -0.15) is 0 Å². The van der Waals surface area contributed by atoms with Crippen LogP contribution in [-0.4, -0.2) is 23.1 Å². The summed E-state index contributed by atoms with van der Waals surface area (Å²) >= 11 is 0. The van der Waals surface area contributed by atoms with Crippen LogP contribution in [0.4, 0.5) is 4.39 Å². The third-order valence-corrected chi connectivity index (χ3v) is 4.16. The van der Waals surface area contributed by atoms with Crippen molar-refractivity contribution < 1.29 is 9.50 Å². The van der Waals surface area contributed by atoms with Crippen molar-refractivity contribution in [3.63, 3.8) is 0 Å². The summed E-state index contributed by atoms with van der Waals surface area (Å²) in [5.41, 5.74) is 1.83. The van der Waals surface area contributed by atoms with Crippen LogP contribution in [0.1, 0.15) is 23.1 Å². The van der Waals surface area contributed by atoms with Gasteiger partial charge < -0.3 is 5.11 Å². The molecule has 110 valence electrons. The van der Waals surface area contributed by atoms with Crippen LogP contribution in [0.15, 0.2) is 48.5 Å². The third kappa shape index (κ3) is 3.14. The molecule has 1 fully saturated rings. The maximum absolute atomic E-state index is 13.6. The number of nitrogens with zero attached hydrogens (tertiary/aromatic N) is 1. The molecule has 0 aliphatic carbocycles. The molecule has 0 aromatic heterocycles. The molecule has 0 radical (unpaired) electrons. The molecular formula is C18H20FNO. The molecule has 1 N–H and O–H groups in total. The lowest BCUT2D eigenvalue weighted by molar-refractivity contribution is 0.0449. The fraction of sp³-hybridized carbons (Fsp3) is 0.333. The van der Waals surface area contributed by atoms with Crippen molar-refractivity contribution in [3.05, 3.63) is 71.0 Å². The van der Waals surface area contributed by atoms with Crippen molar-refractivity contribution in [2.24, 2.45) is 0 Å². The van der Waals surface area contributed by atoms with Gasteiger partial charge in [-0.05, 0) is 42.2 Å². The number of aliphatic hydroxyl groups is 1. The van der Waals surface area contributed by atoms with E-state index in [-0.39, 0.29) is 5.82 Å². The lowest BCUT2D eigenvalue weighted by atomic mass is 9.92. The number of halogens is 1. The number of aryl methyl sites for hydroxylation is 1. The zero-order valence-corrected chi connectivity index (χ0v) is 12.2. The number of rotatable bonds is 3. The van der Waals surface area contributed by atoms with E-state index in [0.29, 0.717) is 18.5 Å². The lowest BCUT2D eigenvalue weighted by Gasteiger charge is -2.24. The summed E-state index contributed by atoms with van der Waals surface area (Å²) in [6.45, 7) is 4.04. The summed E-state index contributed by atoms with van der Waals surface area (Å²) in [7, 11) is 0. The molecule has 1 atom stereocenters. The van der Waals surface area contributed by atoms with E-state index in [9.17, 15) is 9.50 Å². The number of benzene rings is 2. The Kier molecular flexibility index (Phi) is 3.79. The minimum Gasteiger partial charge on any atom is -0.384 e. The van der Waals surface area contributed by atoms with Crippen LogP contribution in [0.3, 0.4) is 0 Å². The minimum absolute atomic E-state index is 0.278. The van der Waals surface area contributed by atoms with Gasteiger partial charge >= 0.3 is 0 Å². The highest BCUT2D eigenvalue weighted by Crippen LogP contribution is 2.33. The van der Waals surface area contributed by atoms with Crippen molar-refractivity contribution in [1.82, 2.24) is 4.90 Å². The first-order valence-electron chi connectivity index (χ1n) is 7.31. The van der Waals surface area contributed by atoms with Gasteiger partial charge in [-0.25, -0.2) is 4.39 Å². The van der Waals surface area contributed by atoms with E-state index in [1.54, 1.807) is 0 Å². The summed E-state index contributed by atoms with van der Waals surface area (Å²) < 4.78 is 13.6. The zero-order valence-electron chi connectivity index (χ0n) is 12.2. The van der Waals surface area contributed by atoms with Crippen molar-refractivity contribution in [3.8, 4) is 0 Å². The normalized spacial score (nSPS) is 22.6. The summed E-state index contributed by atoms with van der Waals surface area (Å²) in [5.74, 6) is -0.278. The second-order valence-corrected chi connectivity index (χ2v) is 6.00. The maximum atomic E-state index is 13.6. The molecule has 1 aliphatic heterocycles. The summed E-state index contributed by atoms with van der Waals surface area (Å²) in [4.78, 5) is 2.22. The molecule has 3 rings (SSSR count). The molecule has 1 heterocycles. The molecule has 2 aromatic rings. The molecule has 3 heteroatoms. The largest absolute Gasteiger partial charge is 0.384 e. The van der Waals surface area contributed by atoms with Gasteiger partial charge in [-0.15, -0.1) is 0 Å². The highest BCUT2D eigenvalue weighted by atomic mass is 19.1. The summed E-state index contributed by atoms with van der Waals surface area (Å²) in [6, 6.07) is 15.0. The number of hydrogen-bond donors (Lipinski definition) is 1. The van der Waals surface area contributed by atoms with Crippen molar-refractivity contribution >= 4 is 0 Å². The molecule has 2 nitrogen and oxygen atoms in total. The van der Waals surface area contributed by atoms with Gasteiger partial charge in [-0.1, -0.05) is 36.4 Å². The molecule has 21 heavy (non-hydrogen) atoms. The van der Waals surface area contributed by atoms with E-state index in [4.69, 9.17) is 0 Å². The van der Waals surface area contributed by atoms with Gasteiger partial charge in [0.1, 0.15) is 11.4 Å². The van der Waals surface area contributed by atoms with Crippen molar-refractivity contribution in [1.29, 1.82) is 0 Å². The first kappa shape index (κ1) is 14.2. The van der Waals surface area contributed by atoms with Crippen LogP contribution in [0.25, 0.3) is 0 Å². The Hall–Kier alpha value is -1.71. The average Bonchev–Trinajstić information content (AvgIpc) is 2.82. The quantitative estimate of drug-likeness (QED) is 0.936. The van der Waals surface area contributed by atoms with Crippen molar-refractivity contribution in [2.45, 2.75) is 25.5 Å². The van der Waals surface area contributed by atoms with E-state index in [1.807, 2.05) is 31.2 Å². The molecule has 0 spiro atoms. The topological polar surface area (TPSA) is 23.5 Å². The number of hydrogen-bond acceptors (Lipinski definition) is 2. The first-order valence-corrected chi connectivity index (χ1v) is 7.31. The molecular weight excluding hydrogens is 265 g/mol.